The number of benzene rings is 1. The molecule has 6 nitrogen and oxygen atoms in total. The first kappa shape index (κ1) is 11.6. The number of carbonyl (C=O) groups is 2. The number of aromatic nitrogens is 1. The molecule has 0 spiro atoms. The molecule has 0 aliphatic carbocycles. The first-order chi connectivity index (χ1) is 9.08. The van der Waals surface area contributed by atoms with E-state index in [-0.39, 0.29) is 11.7 Å². The fourth-order valence-corrected chi connectivity index (χ4v) is 2.32. The molecule has 1 aromatic heterocycles. The van der Waals surface area contributed by atoms with Gasteiger partial charge in [0, 0.05) is 18.6 Å². The van der Waals surface area contributed by atoms with E-state index in [2.05, 4.69) is 0 Å². The van der Waals surface area contributed by atoms with Gasteiger partial charge in [-0.15, -0.1) is 0 Å². The largest absolute Gasteiger partial charge is 0.478 e. The molecule has 1 aromatic carbocycles. The topological polar surface area (TPSA) is 71.8 Å². The van der Waals surface area contributed by atoms with E-state index in [9.17, 15) is 9.59 Å². The lowest BCUT2D eigenvalue weighted by Crippen LogP contribution is -2.22. The van der Waals surface area contributed by atoms with Gasteiger partial charge in [-0.3, -0.25) is 4.90 Å². The van der Waals surface area contributed by atoms with Crippen molar-refractivity contribution in [3.05, 3.63) is 30.0 Å². The molecule has 1 fully saturated rings. The Morgan fingerprint density at radius 3 is 2.84 bits per heavy atom. The molecule has 19 heavy (non-hydrogen) atoms. The highest BCUT2D eigenvalue weighted by atomic mass is 16.6. The number of aromatic carboxylic acids is 1. The second-order valence-corrected chi connectivity index (χ2v) is 4.43. The van der Waals surface area contributed by atoms with Gasteiger partial charge in [0.25, 0.3) is 0 Å². The molecule has 2 aromatic rings. The minimum Gasteiger partial charge on any atom is -0.478 e. The molecule has 6 heteroatoms. The van der Waals surface area contributed by atoms with Crippen LogP contribution in [0.4, 0.5) is 10.5 Å². The summed E-state index contributed by atoms with van der Waals surface area (Å²) in [7, 11) is 1.82. The normalized spacial score (nSPS) is 15.0. The van der Waals surface area contributed by atoms with Crippen LogP contribution in [-0.2, 0) is 11.8 Å². The lowest BCUT2D eigenvalue weighted by Gasteiger charge is -2.10. The average molecular weight is 260 g/mol. The van der Waals surface area contributed by atoms with E-state index in [0.717, 1.165) is 16.6 Å². The van der Waals surface area contributed by atoms with E-state index in [1.807, 2.05) is 17.8 Å². The monoisotopic (exact) mass is 260 g/mol. The fraction of sp³-hybridized carbons (Fsp3) is 0.231. The van der Waals surface area contributed by atoms with Crippen molar-refractivity contribution in [2.24, 2.45) is 7.05 Å². The summed E-state index contributed by atoms with van der Waals surface area (Å²) in [5.74, 6) is -0.967. The van der Waals surface area contributed by atoms with Gasteiger partial charge in [-0.25, -0.2) is 9.59 Å². The van der Waals surface area contributed by atoms with Crippen molar-refractivity contribution in [1.82, 2.24) is 4.57 Å². The maximum atomic E-state index is 11.6. The maximum Gasteiger partial charge on any atom is 0.414 e. The van der Waals surface area contributed by atoms with Crippen LogP contribution in [0, 0.1) is 0 Å². The van der Waals surface area contributed by atoms with Gasteiger partial charge < -0.3 is 14.4 Å². The number of aryl methyl sites for hydroxylation is 1. The van der Waals surface area contributed by atoms with Crippen LogP contribution in [0.3, 0.4) is 0 Å². The van der Waals surface area contributed by atoms with Gasteiger partial charge in [-0.05, 0) is 18.2 Å². The highest BCUT2D eigenvalue weighted by molar-refractivity contribution is 6.04. The van der Waals surface area contributed by atoms with Crippen molar-refractivity contribution in [2.45, 2.75) is 0 Å². The third-order valence-corrected chi connectivity index (χ3v) is 3.27. The Hall–Kier alpha value is -2.50. The first-order valence-electron chi connectivity index (χ1n) is 5.84. The van der Waals surface area contributed by atoms with Gasteiger partial charge in [-0.1, -0.05) is 0 Å². The van der Waals surface area contributed by atoms with E-state index in [0.29, 0.717) is 13.2 Å². The molecule has 1 amide bonds. The van der Waals surface area contributed by atoms with Crippen molar-refractivity contribution >= 4 is 28.7 Å². The zero-order valence-corrected chi connectivity index (χ0v) is 10.3. The van der Waals surface area contributed by atoms with Crippen LogP contribution in [0.15, 0.2) is 24.4 Å². The molecule has 3 rings (SSSR count). The maximum absolute atomic E-state index is 11.6. The summed E-state index contributed by atoms with van der Waals surface area (Å²) < 4.78 is 6.73. The van der Waals surface area contributed by atoms with E-state index < -0.39 is 5.97 Å². The number of cyclic esters (lactones) is 1. The number of rotatable bonds is 2. The molecule has 1 aliphatic rings. The second kappa shape index (κ2) is 4.01. The second-order valence-electron chi connectivity index (χ2n) is 4.43. The average Bonchev–Trinajstić information content (AvgIpc) is 2.93. The summed E-state index contributed by atoms with van der Waals surface area (Å²) in [4.78, 5) is 24.1. The summed E-state index contributed by atoms with van der Waals surface area (Å²) in [6.07, 6.45) is 1.44. The number of nitrogens with zero attached hydrogens (tertiary/aromatic N) is 2. The highest BCUT2D eigenvalue weighted by Gasteiger charge is 2.26. The van der Waals surface area contributed by atoms with Crippen molar-refractivity contribution in [3.8, 4) is 0 Å². The Balaban J connectivity index is 2.17. The summed E-state index contributed by atoms with van der Waals surface area (Å²) >= 11 is 0. The molecule has 1 saturated heterocycles. The van der Waals surface area contributed by atoms with Crippen LogP contribution in [0.2, 0.25) is 0 Å². The molecule has 98 valence electrons. The van der Waals surface area contributed by atoms with E-state index >= 15 is 0 Å². The Kier molecular flexibility index (Phi) is 2.45. The number of anilines is 1. The number of hydrogen-bond acceptors (Lipinski definition) is 3. The molecule has 0 saturated carbocycles. The number of amides is 1. The predicted molar refractivity (Wildman–Crippen MR) is 68.6 cm³/mol. The van der Waals surface area contributed by atoms with Crippen LogP contribution in [0.1, 0.15) is 10.4 Å². The summed E-state index contributed by atoms with van der Waals surface area (Å²) in [6.45, 7) is 0.890. The van der Waals surface area contributed by atoms with E-state index in [4.69, 9.17) is 9.84 Å². The smallest absolute Gasteiger partial charge is 0.414 e. The van der Waals surface area contributed by atoms with Gasteiger partial charge >= 0.3 is 12.1 Å². The summed E-state index contributed by atoms with van der Waals surface area (Å²) in [5, 5.41) is 9.84. The Morgan fingerprint density at radius 1 is 1.42 bits per heavy atom. The van der Waals surface area contributed by atoms with Gasteiger partial charge in [-0.2, -0.15) is 0 Å². The molecule has 0 bridgehead atoms. The summed E-state index contributed by atoms with van der Waals surface area (Å²) in [5.41, 5.74) is 1.75. The number of carboxylic acid groups (broad SMARTS) is 1. The minimum absolute atomic E-state index is 0.226. The molecule has 1 N–H and O–H groups in total. The number of hydrogen-bond donors (Lipinski definition) is 1. The molecule has 2 heterocycles. The number of carboxylic acids is 1. The van der Waals surface area contributed by atoms with Crippen molar-refractivity contribution in [1.29, 1.82) is 0 Å². The molecule has 1 aliphatic heterocycles. The van der Waals surface area contributed by atoms with Gasteiger partial charge in [0.1, 0.15) is 6.61 Å². The van der Waals surface area contributed by atoms with Crippen LogP contribution in [0.5, 0.6) is 0 Å². The zero-order valence-electron chi connectivity index (χ0n) is 10.3. The van der Waals surface area contributed by atoms with Crippen LogP contribution in [-0.4, -0.2) is 34.9 Å². The molecule has 0 atom stereocenters. The molecule has 0 unspecified atom stereocenters. The van der Waals surface area contributed by atoms with Crippen LogP contribution >= 0.6 is 0 Å². The lowest BCUT2D eigenvalue weighted by molar-refractivity contribution is 0.0697. The van der Waals surface area contributed by atoms with Gasteiger partial charge in [0.2, 0.25) is 0 Å². The minimum atomic E-state index is -0.967. The molecular formula is C13H12N2O4. The predicted octanol–water partition coefficient (Wildman–Crippen LogP) is 1.83. The van der Waals surface area contributed by atoms with Crippen molar-refractivity contribution < 1.29 is 19.4 Å². The zero-order chi connectivity index (χ0) is 13.6. The van der Waals surface area contributed by atoms with Crippen LogP contribution in [0.25, 0.3) is 10.9 Å². The molecular weight excluding hydrogens is 248 g/mol. The van der Waals surface area contributed by atoms with Crippen LogP contribution < -0.4 is 4.90 Å². The van der Waals surface area contributed by atoms with Gasteiger partial charge in [0.15, 0.2) is 0 Å². The number of carbonyl (C=O) groups excluding carboxylic acids is 1. The van der Waals surface area contributed by atoms with Crippen molar-refractivity contribution in [3.63, 3.8) is 0 Å². The van der Waals surface area contributed by atoms with E-state index in [1.54, 1.807) is 17.0 Å². The third-order valence-electron chi connectivity index (χ3n) is 3.27. The van der Waals surface area contributed by atoms with E-state index in [1.165, 1.54) is 6.07 Å². The van der Waals surface area contributed by atoms with Crippen molar-refractivity contribution in [2.75, 3.05) is 18.1 Å². The third kappa shape index (κ3) is 1.72. The quantitative estimate of drug-likeness (QED) is 0.894. The summed E-state index contributed by atoms with van der Waals surface area (Å²) in [6, 6.07) is 4.86. The fourth-order valence-electron chi connectivity index (χ4n) is 2.32. The first-order valence-corrected chi connectivity index (χ1v) is 5.84. The lowest BCUT2D eigenvalue weighted by atomic mass is 10.1. The standard InChI is InChI=1S/C13H12N2O4/c1-14-7-11(15-4-5-19-13(15)18)9-3-2-8(12(16)17)6-10(9)14/h2-3,6-7H,4-5H2,1H3,(H,16,17). The van der Waals surface area contributed by atoms with Gasteiger partial charge in [0.05, 0.1) is 23.3 Å². The highest BCUT2D eigenvalue weighted by Crippen LogP contribution is 2.31. The number of fused-ring (bicyclic) bond motifs is 1. The Morgan fingerprint density at radius 2 is 2.21 bits per heavy atom. The Labute approximate surface area is 108 Å². The molecule has 0 radical (unpaired) electrons. The Bertz CT molecular complexity index is 689. The SMILES string of the molecule is Cn1cc(N2CCOC2=O)c2ccc(C(=O)O)cc21. The number of ether oxygens (including phenoxy) is 1.